The third kappa shape index (κ3) is 4.84. The highest BCUT2D eigenvalue weighted by Gasteiger charge is 2.31. The normalized spacial score (nSPS) is 20.1. The summed E-state index contributed by atoms with van der Waals surface area (Å²) < 4.78 is 0. The first kappa shape index (κ1) is 14.0. The van der Waals surface area contributed by atoms with E-state index in [-0.39, 0.29) is 0 Å². The van der Waals surface area contributed by atoms with Gasteiger partial charge in [0, 0.05) is 12.1 Å². The van der Waals surface area contributed by atoms with E-state index in [0.717, 1.165) is 18.0 Å². The van der Waals surface area contributed by atoms with Gasteiger partial charge in [0.2, 0.25) is 0 Å². The Labute approximate surface area is 102 Å². The van der Waals surface area contributed by atoms with Crippen LogP contribution in [0.15, 0.2) is 0 Å². The Morgan fingerprint density at radius 2 is 1.94 bits per heavy atom. The van der Waals surface area contributed by atoms with E-state index in [0.29, 0.717) is 0 Å². The van der Waals surface area contributed by atoms with Crippen molar-refractivity contribution in [1.82, 2.24) is 10.2 Å². The molecule has 0 aromatic carbocycles. The molecule has 1 saturated carbocycles. The van der Waals surface area contributed by atoms with Crippen LogP contribution in [0.2, 0.25) is 0 Å². The van der Waals surface area contributed by atoms with Crippen LogP contribution >= 0.6 is 0 Å². The van der Waals surface area contributed by atoms with Crippen LogP contribution in [0.4, 0.5) is 0 Å². The van der Waals surface area contributed by atoms with Gasteiger partial charge < -0.3 is 10.2 Å². The average molecular weight is 226 g/mol. The van der Waals surface area contributed by atoms with Crippen LogP contribution in [0.5, 0.6) is 0 Å². The fraction of sp³-hybridized carbons (Fsp3) is 1.00. The zero-order valence-corrected chi connectivity index (χ0v) is 11.6. The lowest BCUT2D eigenvalue weighted by atomic mass is 10.1. The molecule has 1 fully saturated rings. The van der Waals surface area contributed by atoms with Crippen LogP contribution in [-0.2, 0) is 0 Å². The van der Waals surface area contributed by atoms with Gasteiger partial charge >= 0.3 is 0 Å². The van der Waals surface area contributed by atoms with Crippen molar-refractivity contribution in [3.63, 3.8) is 0 Å². The molecule has 1 aliphatic rings. The Balaban J connectivity index is 2.06. The highest BCUT2D eigenvalue weighted by Crippen LogP contribution is 2.35. The van der Waals surface area contributed by atoms with E-state index in [2.05, 4.69) is 38.0 Å². The van der Waals surface area contributed by atoms with Crippen molar-refractivity contribution < 1.29 is 0 Å². The minimum atomic E-state index is 0.735. The predicted octanol–water partition coefficient (Wildman–Crippen LogP) is 2.89. The van der Waals surface area contributed by atoms with Crippen LogP contribution in [-0.4, -0.2) is 37.1 Å². The summed E-state index contributed by atoms with van der Waals surface area (Å²) >= 11 is 0. The average Bonchev–Trinajstić information content (AvgIpc) is 3.10. The number of hydrogen-bond donors (Lipinski definition) is 1. The molecular weight excluding hydrogens is 196 g/mol. The third-order valence-electron chi connectivity index (χ3n) is 4.04. The van der Waals surface area contributed by atoms with E-state index in [4.69, 9.17) is 0 Å². The Hall–Kier alpha value is -0.0800. The largest absolute Gasteiger partial charge is 0.317 e. The van der Waals surface area contributed by atoms with Gasteiger partial charge in [0.15, 0.2) is 0 Å². The maximum atomic E-state index is 3.48. The van der Waals surface area contributed by atoms with Gasteiger partial charge in [-0.3, -0.25) is 0 Å². The molecule has 2 nitrogen and oxygen atoms in total. The second kappa shape index (κ2) is 7.29. The van der Waals surface area contributed by atoms with E-state index in [1.54, 1.807) is 0 Å². The monoisotopic (exact) mass is 226 g/mol. The second-order valence-corrected chi connectivity index (χ2v) is 5.48. The first-order valence-electron chi connectivity index (χ1n) is 7.09. The maximum absolute atomic E-state index is 3.48. The van der Waals surface area contributed by atoms with Crippen LogP contribution in [0.1, 0.15) is 52.9 Å². The predicted molar refractivity (Wildman–Crippen MR) is 71.8 cm³/mol. The lowest BCUT2D eigenvalue weighted by molar-refractivity contribution is 0.168. The zero-order valence-electron chi connectivity index (χ0n) is 11.6. The second-order valence-electron chi connectivity index (χ2n) is 5.48. The van der Waals surface area contributed by atoms with Gasteiger partial charge in [-0.2, -0.15) is 0 Å². The van der Waals surface area contributed by atoms with Crippen molar-refractivity contribution in [3.05, 3.63) is 0 Å². The van der Waals surface area contributed by atoms with Crippen LogP contribution < -0.4 is 5.32 Å². The summed E-state index contributed by atoms with van der Waals surface area (Å²) in [6.07, 6.45) is 6.79. The maximum Gasteiger partial charge on any atom is 0.00949 e. The molecule has 0 heterocycles. The first-order chi connectivity index (χ1) is 7.66. The summed E-state index contributed by atoms with van der Waals surface area (Å²) in [6.45, 7) is 9.34. The Bertz CT molecular complexity index is 178. The van der Waals surface area contributed by atoms with Crippen LogP contribution in [0.25, 0.3) is 0 Å². The van der Waals surface area contributed by atoms with Gasteiger partial charge in [-0.1, -0.05) is 6.92 Å². The smallest absolute Gasteiger partial charge is 0.00949 e. The van der Waals surface area contributed by atoms with Crippen LogP contribution in [0, 0.1) is 5.92 Å². The molecular formula is C14H30N2. The molecule has 0 aromatic heterocycles. The molecule has 16 heavy (non-hydrogen) atoms. The SMILES string of the molecule is CCCNCCCC(C)N(C)C(C)C1CC1. The zero-order chi connectivity index (χ0) is 12.0. The first-order valence-corrected chi connectivity index (χ1v) is 7.09. The lowest BCUT2D eigenvalue weighted by Gasteiger charge is -2.31. The van der Waals surface area contributed by atoms with Gasteiger partial charge in [-0.15, -0.1) is 0 Å². The summed E-state index contributed by atoms with van der Waals surface area (Å²) in [5, 5.41) is 3.48. The van der Waals surface area contributed by atoms with Crippen molar-refractivity contribution in [2.45, 2.75) is 65.0 Å². The number of nitrogens with zero attached hydrogens (tertiary/aromatic N) is 1. The molecule has 0 spiro atoms. The van der Waals surface area contributed by atoms with Gasteiger partial charge in [-0.05, 0) is 72.0 Å². The topological polar surface area (TPSA) is 15.3 Å². The molecule has 2 unspecified atom stereocenters. The lowest BCUT2D eigenvalue weighted by Crippen LogP contribution is -2.38. The third-order valence-corrected chi connectivity index (χ3v) is 4.04. The molecule has 2 heteroatoms. The van der Waals surface area contributed by atoms with E-state index >= 15 is 0 Å². The summed E-state index contributed by atoms with van der Waals surface area (Å²) in [7, 11) is 2.30. The van der Waals surface area contributed by atoms with Crippen LogP contribution in [0.3, 0.4) is 0 Å². The van der Waals surface area contributed by atoms with E-state index in [9.17, 15) is 0 Å². The summed E-state index contributed by atoms with van der Waals surface area (Å²) in [4.78, 5) is 2.58. The van der Waals surface area contributed by atoms with Gasteiger partial charge in [-0.25, -0.2) is 0 Å². The van der Waals surface area contributed by atoms with Crippen molar-refractivity contribution >= 4 is 0 Å². The molecule has 1 aliphatic carbocycles. The fourth-order valence-electron chi connectivity index (χ4n) is 2.34. The molecule has 0 aromatic rings. The quantitative estimate of drug-likeness (QED) is 0.608. The molecule has 96 valence electrons. The highest BCUT2D eigenvalue weighted by atomic mass is 15.2. The molecule has 0 aliphatic heterocycles. The molecule has 0 radical (unpaired) electrons. The van der Waals surface area contributed by atoms with Crippen molar-refractivity contribution in [3.8, 4) is 0 Å². The molecule has 1 rings (SSSR count). The highest BCUT2D eigenvalue weighted by molar-refractivity contribution is 4.85. The number of nitrogens with one attached hydrogen (secondary N) is 1. The molecule has 0 amide bonds. The summed E-state index contributed by atoms with van der Waals surface area (Å²) in [6, 6.07) is 1.53. The van der Waals surface area contributed by atoms with E-state index < -0.39 is 0 Å². The van der Waals surface area contributed by atoms with E-state index in [1.165, 1.54) is 45.2 Å². The molecule has 2 atom stereocenters. The Morgan fingerprint density at radius 1 is 1.25 bits per heavy atom. The Morgan fingerprint density at radius 3 is 2.50 bits per heavy atom. The molecule has 0 saturated heterocycles. The minimum Gasteiger partial charge on any atom is -0.317 e. The fourth-order valence-corrected chi connectivity index (χ4v) is 2.34. The van der Waals surface area contributed by atoms with Crippen molar-refractivity contribution in [2.75, 3.05) is 20.1 Å². The summed E-state index contributed by atoms with van der Waals surface area (Å²) in [5.74, 6) is 0.991. The van der Waals surface area contributed by atoms with Crippen molar-refractivity contribution in [1.29, 1.82) is 0 Å². The molecule has 0 bridgehead atoms. The van der Waals surface area contributed by atoms with Crippen molar-refractivity contribution in [2.24, 2.45) is 5.92 Å². The number of rotatable bonds is 9. The van der Waals surface area contributed by atoms with Gasteiger partial charge in [0.05, 0.1) is 0 Å². The van der Waals surface area contributed by atoms with Gasteiger partial charge in [0.25, 0.3) is 0 Å². The standard InChI is InChI=1S/C14H30N2/c1-5-10-15-11-6-7-12(2)16(4)13(3)14-8-9-14/h12-15H,5-11H2,1-4H3. The molecule has 1 N–H and O–H groups in total. The van der Waals surface area contributed by atoms with Gasteiger partial charge in [0.1, 0.15) is 0 Å². The minimum absolute atomic E-state index is 0.735. The Kier molecular flexibility index (Phi) is 6.37. The summed E-state index contributed by atoms with van der Waals surface area (Å²) in [5.41, 5.74) is 0. The number of hydrogen-bond acceptors (Lipinski definition) is 2. The van der Waals surface area contributed by atoms with E-state index in [1.807, 2.05) is 0 Å².